The lowest BCUT2D eigenvalue weighted by atomic mass is 10.2. The molecule has 1 aromatic heterocycles. The molecule has 10 heteroatoms. The predicted molar refractivity (Wildman–Crippen MR) is 101 cm³/mol. The fourth-order valence-electron chi connectivity index (χ4n) is 2.54. The van der Waals surface area contributed by atoms with E-state index < -0.39 is 10.0 Å². The van der Waals surface area contributed by atoms with Crippen molar-refractivity contribution in [1.29, 1.82) is 0 Å². The topological polar surface area (TPSA) is 97.8 Å². The summed E-state index contributed by atoms with van der Waals surface area (Å²) in [4.78, 5) is 17.0. The van der Waals surface area contributed by atoms with Crippen molar-refractivity contribution in [2.45, 2.75) is 4.90 Å². The van der Waals surface area contributed by atoms with Crippen LogP contribution in [0.2, 0.25) is 0 Å². The highest BCUT2D eigenvalue weighted by molar-refractivity contribution is 7.89. The van der Waals surface area contributed by atoms with Crippen molar-refractivity contribution < 1.29 is 22.7 Å². The quantitative estimate of drug-likeness (QED) is 0.716. The third-order valence-electron chi connectivity index (χ3n) is 3.99. The highest BCUT2D eigenvalue weighted by atomic mass is 32.2. The van der Waals surface area contributed by atoms with Crippen LogP contribution in [0.4, 0.5) is 5.13 Å². The summed E-state index contributed by atoms with van der Waals surface area (Å²) in [7, 11) is -0.581. The maximum Gasteiger partial charge on any atom is 0.257 e. The van der Waals surface area contributed by atoms with Crippen LogP contribution in [0.1, 0.15) is 10.4 Å². The number of thiazole rings is 1. The van der Waals surface area contributed by atoms with Crippen LogP contribution >= 0.6 is 11.3 Å². The van der Waals surface area contributed by atoms with E-state index in [-0.39, 0.29) is 17.6 Å². The first kappa shape index (κ1) is 17.7. The monoisotopic (exact) mass is 405 g/mol. The summed E-state index contributed by atoms with van der Waals surface area (Å²) in [6, 6.07) is 9.59. The maximum atomic E-state index is 12.5. The van der Waals surface area contributed by atoms with Crippen LogP contribution in [-0.4, -0.2) is 44.5 Å². The molecule has 8 nitrogen and oxygen atoms in total. The molecule has 1 N–H and O–H groups in total. The lowest BCUT2D eigenvalue weighted by molar-refractivity contribution is 0.102. The number of hydrogen-bond acceptors (Lipinski definition) is 7. The van der Waals surface area contributed by atoms with E-state index in [0.29, 0.717) is 32.4 Å². The van der Waals surface area contributed by atoms with E-state index >= 15 is 0 Å². The summed E-state index contributed by atoms with van der Waals surface area (Å²) < 4.78 is 36.8. The standard InChI is InChI=1S/C17H15N3O5S2/c1-20(2)27(22,23)11-4-5-12-15(8-11)26-17(18-12)19-16(21)10-3-6-13-14(7-10)25-9-24-13/h3-8H,9H2,1-2H3,(H,18,19,21). The molecule has 0 bridgehead atoms. The smallest absolute Gasteiger partial charge is 0.257 e. The van der Waals surface area contributed by atoms with Gasteiger partial charge in [0.1, 0.15) is 0 Å². The van der Waals surface area contributed by atoms with E-state index in [2.05, 4.69) is 10.3 Å². The Hall–Kier alpha value is -2.69. The molecule has 0 radical (unpaired) electrons. The number of rotatable bonds is 4. The van der Waals surface area contributed by atoms with Crippen molar-refractivity contribution >= 4 is 42.6 Å². The largest absolute Gasteiger partial charge is 0.454 e. The fourth-order valence-corrected chi connectivity index (χ4v) is 4.44. The molecule has 140 valence electrons. The van der Waals surface area contributed by atoms with E-state index in [1.807, 2.05) is 0 Å². The zero-order chi connectivity index (χ0) is 19.2. The highest BCUT2D eigenvalue weighted by Gasteiger charge is 2.20. The normalized spacial score (nSPS) is 13.3. The Kier molecular flexibility index (Phi) is 4.25. The number of sulfonamides is 1. The number of aromatic nitrogens is 1. The lowest BCUT2D eigenvalue weighted by Gasteiger charge is -2.10. The molecular weight excluding hydrogens is 390 g/mol. The van der Waals surface area contributed by atoms with Crippen LogP contribution in [0.15, 0.2) is 41.3 Å². The van der Waals surface area contributed by atoms with Gasteiger partial charge in [-0.2, -0.15) is 0 Å². The Balaban J connectivity index is 1.60. The van der Waals surface area contributed by atoms with Gasteiger partial charge in [-0.1, -0.05) is 11.3 Å². The Morgan fingerprint density at radius 1 is 1.15 bits per heavy atom. The zero-order valence-corrected chi connectivity index (χ0v) is 16.1. The number of amides is 1. The zero-order valence-electron chi connectivity index (χ0n) is 14.4. The number of hydrogen-bond donors (Lipinski definition) is 1. The van der Waals surface area contributed by atoms with Crippen molar-refractivity contribution in [1.82, 2.24) is 9.29 Å². The van der Waals surface area contributed by atoms with Gasteiger partial charge in [0.25, 0.3) is 5.91 Å². The second-order valence-electron chi connectivity index (χ2n) is 5.96. The molecule has 0 saturated carbocycles. The molecule has 0 atom stereocenters. The molecule has 0 unspecified atom stereocenters. The summed E-state index contributed by atoms with van der Waals surface area (Å²) in [5.74, 6) is 0.778. The van der Waals surface area contributed by atoms with Crippen LogP contribution in [0.25, 0.3) is 10.2 Å². The van der Waals surface area contributed by atoms with Gasteiger partial charge in [0.15, 0.2) is 16.6 Å². The number of fused-ring (bicyclic) bond motifs is 2. The van der Waals surface area contributed by atoms with E-state index in [1.165, 1.54) is 31.5 Å². The molecule has 1 amide bonds. The molecule has 1 aliphatic heterocycles. The van der Waals surface area contributed by atoms with Crippen LogP contribution in [0.3, 0.4) is 0 Å². The molecule has 3 aromatic rings. The number of carbonyl (C=O) groups is 1. The lowest BCUT2D eigenvalue weighted by Crippen LogP contribution is -2.22. The van der Waals surface area contributed by atoms with Gasteiger partial charge in [0.05, 0.1) is 15.1 Å². The summed E-state index contributed by atoms with van der Waals surface area (Å²) >= 11 is 1.21. The average Bonchev–Trinajstić information content (AvgIpc) is 3.25. The van der Waals surface area contributed by atoms with Gasteiger partial charge < -0.3 is 9.47 Å². The van der Waals surface area contributed by atoms with Crippen molar-refractivity contribution in [3.63, 3.8) is 0 Å². The predicted octanol–water partition coefficient (Wildman–Crippen LogP) is 2.53. The fraction of sp³-hybridized carbons (Fsp3) is 0.176. The van der Waals surface area contributed by atoms with Gasteiger partial charge in [-0.15, -0.1) is 0 Å². The molecule has 4 rings (SSSR count). The molecule has 2 aromatic carbocycles. The molecule has 0 saturated heterocycles. The van der Waals surface area contributed by atoms with E-state index in [0.717, 1.165) is 4.31 Å². The summed E-state index contributed by atoms with van der Waals surface area (Å²) in [5.41, 5.74) is 1.02. The SMILES string of the molecule is CN(C)S(=O)(=O)c1ccc2nc(NC(=O)c3ccc4c(c3)OCO4)sc2c1. The average molecular weight is 405 g/mol. The third kappa shape index (κ3) is 3.22. The van der Waals surface area contributed by atoms with E-state index in [1.54, 1.807) is 30.3 Å². The summed E-state index contributed by atoms with van der Waals surface area (Å²) in [6.07, 6.45) is 0. The van der Waals surface area contributed by atoms with Gasteiger partial charge in [-0.25, -0.2) is 17.7 Å². The number of benzene rings is 2. The third-order valence-corrected chi connectivity index (χ3v) is 6.74. The molecule has 2 heterocycles. The Morgan fingerprint density at radius 2 is 1.93 bits per heavy atom. The van der Waals surface area contributed by atoms with Crippen molar-refractivity contribution in [3.05, 3.63) is 42.0 Å². The molecule has 0 aliphatic carbocycles. The minimum absolute atomic E-state index is 0.135. The van der Waals surface area contributed by atoms with Crippen LogP contribution in [-0.2, 0) is 10.0 Å². The van der Waals surface area contributed by atoms with Gasteiger partial charge in [0, 0.05) is 19.7 Å². The van der Waals surface area contributed by atoms with Gasteiger partial charge in [-0.05, 0) is 36.4 Å². The second kappa shape index (κ2) is 6.48. The molecule has 0 fully saturated rings. The number of carbonyl (C=O) groups excluding carboxylic acids is 1. The van der Waals surface area contributed by atoms with Crippen molar-refractivity contribution in [3.8, 4) is 11.5 Å². The van der Waals surface area contributed by atoms with Crippen molar-refractivity contribution in [2.24, 2.45) is 0 Å². The Bertz CT molecular complexity index is 1150. The maximum absolute atomic E-state index is 12.5. The first-order chi connectivity index (χ1) is 12.8. The second-order valence-corrected chi connectivity index (χ2v) is 9.14. The molecular formula is C17H15N3O5S2. The van der Waals surface area contributed by atoms with Gasteiger partial charge in [0.2, 0.25) is 16.8 Å². The summed E-state index contributed by atoms with van der Waals surface area (Å²) in [5, 5.41) is 3.11. The number of ether oxygens (including phenoxy) is 2. The summed E-state index contributed by atoms with van der Waals surface area (Å²) in [6.45, 7) is 0.135. The Morgan fingerprint density at radius 3 is 2.70 bits per heavy atom. The van der Waals surface area contributed by atoms with Crippen molar-refractivity contribution in [2.75, 3.05) is 26.2 Å². The van der Waals surface area contributed by atoms with Gasteiger partial charge >= 0.3 is 0 Å². The molecule has 27 heavy (non-hydrogen) atoms. The van der Waals surface area contributed by atoms with Crippen LogP contribution < -0.4 is 14.8 Å². The minimum atomic E-state index is -3.53. The van der Waals surface area contributed by atoms with E-state index in [9.17, 15) is 13.2 Å². The minimum Gasteiger partial charge on any atom is -0.454 e. The number of nitrogens with one attached hydrogen (secondary N) is 1. The van der Waals surface area contributed by atoms with E-state index in [4.69, 9.17) is 9.47 Å². The van der Waals surface area contributed by atoms with Crippen LogP contribution in [0.5, 0.6) is 11.5 Å². The van der Waals surface area contributed by atoms with Crippen LogP contribution in [0, 0.1) is 0 Å². The Labute approximate surface area is 159 Å². The highest BCUT2D eigenvalue weighted by Crippen LogP contribution is 2.33. The molecule has 1 aliphatic rings. The first-order valence-electron chi connectivity index (χ1n) is 7.89. The molecule has 0 spiro atoms. The van der Waals surface area contributed by atoms with Gasteiger partial charge in [-0.3, -0.25) is 10.1 Å². The number of anilines is 1. The number of nitrogens with zero attached hydrogens (tertiary/aromatic N) is 2. The first-order valence-corrected chi connectivity index (χ1v) is 10.1.